The Morgan fingerprint density at radius 2 is 2.32 bits per heavy atom. The van der Waals surface area contributed by atoms with Gasteiger partial charge in [-0.2, -0.15) is 0 Å². The average Bonchev–Trinajstić information content (AvgIpc) is 2.87. The van der Waals surface area contributed by atoms with E-state index in [1.807, 2.05) is 25.3 Å². The second-order valence-electron chi connectivity index (χ2n) is 4.19. The molecule has 0 spiro atoms. The van der Waals surface area contributed by atoms with Crippen molar-refractivity contribution < 1.29 is 0 Å². The number of hydrogen-bond acceptors (Lipinski definition) is 5. The number of anilines is 1. The fourth-order valence-electron chi connectivity index (χ4n) is 1.71. The number of rotatable bonds is 6. The Hall–Kier alpha value is -2.02. The minimum Gasteiger partial charge on any atom is -0.389 e. The van der Waals surface area contributed by atoms with Crippen LogP contribution in [0.4, 0.5) is 5.82 Å². The van der Waals surface area contributed by atoms with Gasteiger partial charge in [0.2, 0.25) is 0 Å². The molecule has 0 aliphatic heterocycles. The number of hydrogen-bond donors (Lipinski definition) is 2. The molecule has 2 aromatic heterocycles. The van der Waals surface area contributed by atoms with E-state index in [4.69, 9.17) is 18.0 Å². The molecule has 3 N–H and O–H groups in total. The Kier molecular flexibility index (Phi) is 4.40. The van der Waals surface area contributed by atoms with Gasteiger partial charge in [-0.15, -0.1) is 5.10 Å². The van der Waals surface area contributed by atoms with Gasteiger partial charge in [-0.25, -0.2) is 4.98 Å². The van der Waals surface area contributed by atoms with E-state index >= 15 is 0 Å². The Balaban J connectivity index is 1.87. The van der Waals surface area contributed by atoms with Crippen molar-refractivity contribution in [3.63, 3.8) is 0 Å². The molecular formula is C12H16N6S. The molecule has 0 saturated carbocycles. The predicted octanol–water partition coefficient (Wildman–Crippen LogP) is 1.12. The first-order chi connectivity index (χ1) is 9.15. The summed E-state index contributed by atoms with van der Waals surface area (Å²) < 4.78 is 1.80. The van der Waals surface area contributed by atoms with Crippen LogP contribution < -0.4 is 11.1 Å². The summed E-state index contributed by atoms with van der Waals surface area (Å²) >= 11 is 4.97. The van der Waals surface area contributed by atoms with Crippen LogP contribution in [-0.2, 0) is 6.54 Å². The lowest BCUT2D eigenvalue weighted by Crippen LogP contribution is -2.12. The zero-order valence-corrected chi connectivity index (χ0v) is 11.5. The van der Waals surface area contributed by atoms with Crippen molar-refractivity contribution in [2.45, 2.75) is 19.9 Å². The Morgan fingerprint density at radius 3 is 3.00 bits per heavy atom. The third-order valence-electron chi connectivity index (χ3n) is 2.58. The Labute approximate surface area is 117 Å². The zero-order chi connectivity index (χ0) is 13.7. The molecule has 0 amide bonds. The van der Waals surface area contributed by atoms with Crippen molar-refractivity contribution in [3.05, 3.63) is 35.8 Å². The van der Waals surface area contributed by atoms with Crippen molar-refractivity contribution >= 4 is 23.0 Å². The van der Waals surface area contributed by atoms with E-state index in [0.29, 0.717) is 4.99 Å². The third-order valence-corrected chi connectivity index (χ3v) is 2.82. The molecule has 0 unspecified atom stereocenters. The average molecular weight is 276 g/mol. The second-order valence-corrected chi connectivity index (χ2v) is 4.63. The number of nitrogens with zero attached hydrogens (tertiary/aromatic N) is 4. The van der Waals surface area contributed by atoms with E-state index in [0.717, 1.165) is 36.6 Å². The molecular weight excluding hydrogens is 260 g/mol. The minimum absolute atomic E-state index is 0.385. The van der Waals surface area contributed by atoms with Gasteiger partial charge in [0.1, 0.15) is 10.8 Å². The van der Waals surface area contributed by atoms with Crippen molar-refractivity contribution in [1.29, 1.82) is 0 Å². The fourth-order valence-corrected chi connectivity index (χ4v) is 1.83. The van der Waals surface area contributed by atoms with E-state index < -0.39 is 0 Å². The van der Waals surface area contributed by atoms with Crippen LogP contribution in [0.15, 0.2) is 24.5 Å². The highest BCUT2D eigenvalue weighted by molar-refractivity contribution is 7.80. The standard InChI is InChI=1S/C12H16N6S/c1-9-7-10(12(13)19)8-11(16-9)14-3-2-5-18-6-4-15-17-18/h4,6-8H,2-3,5H2,1H3,(H2,13,19)(H,14,16). The molecule has 2 rings (SSSR count). The minimum atomic E-state index is 0.385. The summed E-state index contributed by atoms with van der Waals surface area (Å²) in [5, 5.41) is 10.9. The number of thiocarbonyl (C=S) groups is 1. The highest BCUT2D eigenvalue weighted by Gasteiger charge is 2.02. The number of nitrogens with two attached hydrogens (primary N) is 1. The normalized spacial score (nSPS) is 10.4. The van der Waals surface area contributed by atoms with E-state index in [9.17, 15) is 0 Å². The van der Waals surface area contributed by atoms with Crippen LogP contribution >= 0.6 is 12.2 Å². The molecule has 0 aliphatic rings. The summed E-state index contributed by atoms with van der Waals surface area (Å²) in [6.07, 6.45) is 4.45. The van der Waals surface area contributed by atoms with Gasteiger partial charge in [-0.3, -0.25) is 4.68 Å². The maximum absolute atomic E-state index is 5.63. The highest BCUT2D eigenvalue weighted by Crippen LogP contribution is 2.10. The van der Waals surface area contributed by atoms with Crippen molar-refractivity contribution in [1.82, 2.24) is 20.0 Å². The molecule has 2 aromatic rings. The van der Waals surface area contributed by atoms with Crippen LogP contribution in [0.25, 0.3) is 0 Å². The summed E-state index contributed by atoms with van der Waals surface area (Å²) in [6, 6.07) is 3.74. The molecule has 19 heavy (non-hydrogen) atoms. The predicted molar refractivity (Wildman–Crippen MR) is 78.0 cm³/mol. The smallest absolute Gasteiger partial charge is 0.126 e. The molecule has 0 radical (unpaired) electrons. The van der Waals surface area contributed by atoms with Gasteiger partial charge in [0.25, 0.3) is 0 Å². The van der Waals surface area contributed by atoms with Crippen molar-refractivity contribution in [2.24, 2.45) is 5.73 Å². The van der Waals surface area contributed by atoms with E-state index in [1.54, 1.807) is 10.9 Å². The van der Waals surface area contributed by atoms with Crippen molar-refractivity contribution in [3.8, 4) is 0 Å². The number of aryl methyl sites for hydroxylation is 2. The molecule has 0 fully saturated rings. The lowest BCUT2D eigenvalue weighted by atomic mass is 10.2. The van der Waals surface area contributed by atoms with Gasteiger partial charge >= 0.3 is 0 Å². The molecule has 100 valence electrons. The lowest BCUT2D eigenvalue weighted by molar-refractivity contribution is 0.569. The zero-order valence-electron chi connectivity index (χ0n) is 10.7. The van der Waals surface area contributed by atoms with E-state index in [-0.39, 0.29) is 0 Å². The number of nitrogens with one attached hydrogen (secondary N) is 1. The summed E-state index contributed by atoms with van der Waals surface area (Å²) in [5.74, 6) is 0.793. The summed E-state index contributed by atoms with van der Waals surface area (Å²) in [5.41, 5.74) is 7.36. The summed E-state index contributed by atoms with van der Waals surface area (Å²) in [7, 11) is 0. The van der Waals surface area contributed by atoms with Gasteiger partial charge < -0.3 is 11.1 Å². The maximum Gasteiger partial charge on any atom is 0.126 e. The number of pyridine rings is 1. The van der Waals surface area contributed by atoms with Crippen LogP contribution in [0.1, 0.15) is 17.7 Å². The first-order valence-electron chi connectivity index (χ1n) is 6.01. The van der Waals surface area contributed by atoms with Gasteiger partial charge in [-0.05, 0) is 25.5 Å². The van der Waals surface area contributed by atoms with Crippen LogP contribution in [0.2, 0.25) is 0 Å². The molecule has 2 heterocycles. The first kappa shape index (κ1) is 13.4. The molecule has 0 atom stereocenters. The van der Waals surface area contributed by atoms with Crippen LogP contribution in [0.5, 0.6) is 0 Å². The van der Waals surface area contributed by atoms with Gasteiger partial charge in [0.05, 0.1) is 6.20 Å². The van der Waals surface area contributed by atoms with Crippen LogP contribution in [0, 0.1) is 6.92 Å². The molecule has 0 bridgehead atoms. The molecule has 0 aliphatic carbocycles. The molecule has 0 saturated heterocycles. The fraction of sp³-hybridized carbons (Fsp3) is 0.333. The van der Waals surface area contributed by atoms with Crippen LogP contribution in [-0.4, -0.2) is 31.5 Å². The highest BCUT2D eigenvalue weighted by atomic mass is 32.1. The van der Waals surface area contributed by atoms with Gasteiger partial charge in [0, 0.05) is 30.5 Å². The quantitative estimate of drug-likeness (QED) is 0.608. The summed E-state index contributed by atoms with van der Waals surface area (Å²) in [6.45, 7) is 3.54. The summed E-state index contributed by atoms with van der Waals surface area (Å²) in [4.78, 5) is 4.78. The first-order valence-corrected chi connectivity index (χ1v) is 6.42. The number of aromatic nitrogens is 4. The van der Waals surface area contributed by atoms with E-state index in [1.165, 1.54) is 0 Å². The van der Waals surface area contributed by atoms with Crippen LogP contribution in [0.3, 0.4) is 0 Å². The SMILES string of the molecule is Cc1cc(C(N)=S)cc(NCCCn2ccnn2)n1. The molecule has 0 aromatic carbocycles. The maximum atomic E-state index is 5.63. The monoisotopic (exact) mass is 276 g/mol. The Bertz CT molecular complexity index is 551. The lowest BCUT2D eigenvalue weighted by Gasteiger charge is -2.08. The molecule has 6 nitrogen and oxygen atoms in total. The Morgan fingerprint density at radius 1 is 1.47 bits per heavy atom. The van der Waals surface area contributed by atoms with E-state index in [2.05, 4.69) is 20.6 Å². The van der Waals surface area contributed by atoms with Crippen molar-refractivity contribution in [2.75, 3.05) is 11.9 Å². The largest absolute Gasteiger partial charge is 0.389 e. The topological polar surface area (TPSA) is 81.6 Å². The third kappa shape index (κ3) is 3.99. The second kappa shape index (κ2) is 6.24. The van der Waals surface area contributed by atoms with Gasteiger partial charge in [-0.1, -0.05) is 17.4 Å². The van der Waals surface area contributed by atoms with Gasteiger partial charge in [0.15, 0.2) is 0 Å². The molecule has 7 heteroatoms.